The molecular weight excluding hydrogens is 574 g/mol. The molecule has 4 heterocycles. The Bertz CT molecular complexity index is 2450. The number of anilines is 2. The lowest BCUT2D eigenvalue weighted by molar-refractivity contribution is 0.257. The number of hydrazine groups is 1. The Morgan fingerprint density at radius 2 is 1.51 bits per heavy atom. The van der Waals surface area contributed by atoms with Crippen LogP contribution in [0.5, 0.6) is 5.75 Å². The van der Waals surface area contributed by atoms with Crippen molar-refractivity contribution in [1.29, 1.82) is 0 Å². The highest BCUT2D eigenvalue weighted by molar-refractivity contribution is 5.96. The molecule has 47 heavy (non-hydrogen) atoms. The van der Waals surface area contributed by atoms with Crippen LogP contribution in [0.1, 0.15) is 11.1 Å². The molecule has 4 heteroatoms. The number of fused-ring (bicyclic) bond motifs is 9. The molecule has 0 saturated carbocycles. The highest BCUT2D eigenvalue weighted by Crippen LogP contribution is 2.54. The Morgan fingerprint density at radius 1 is 0.723 bits per heavy atom. The van der Waals surface area contributed by atoms with Gasteiger partial charge in [0.25, 0.3) is 0 Å². The second kappa shape index (κ2) is 9.18. The molecule has 3 aliphatic carbocycles. The molecule has 0 fully saturated rings. The summed E-state index contributed by atoms with van der Waals surface area (Å²) in [5, 5.41) is 7.54. The summed E-state index contributed by atoms with van der Waals surface area (Å²) in [5.74, 6) is 0.949. The molecule has 4 aliphatic heterocycles. The number of benzene rings is 4. The first-order valence-electron chi connectivity index (χ1n) is 16.5. The summed E-state index contributed by atoms with van der Waals surface area (Å²) < 4.78 is 9.22. The van der Waals surface area contributed by atoms with Crippen molar-refractivity contribution in [2.24, 2.45) is 0 Å². The second-order valence-corrected chi connectivity index (χ2v) is 13.1. The van der Waals surface area contributed by atoms with E-state index in [9.17, 15) is 0 Å². The molecule has 0 radical (unpaired) electrons. The van der Waals surface area contributed by atoms with E-state index in [2.05, 4.69) is 167 Å². The topological polar surface area (TPSA) is 18.7 Å². The maximum absolute atomic E-state index is 6.78. The van der Waals surface area contributed by atoms with Crippen LogP contribution < -0.4 is 24.9 Å². The molecule has 4 aromatic carbocycles. The first-order valence-corrected chi connectivity index (χ1v) is 16.5. The van der Waals surface area contributed by atoms with Crippen LogP contribution in [0, 0.1) is 6.92 Å². The van der Waals surface area contributed by atoms with Crippen LogP contribution >= 0.6 is 0 Å². The van der Waals surface area contributed by atoms with Crippen LogP contribution in [0.4, 0.5) is 22.7 Å². The molecule has 0 saturated heterocycles. The van der Waals surface area contributed by atoms with E-state index in [4.69, 9.17) is 4.74 Å². The summed E-state index contributed by atoms with van der Waals surface area (Å²) in [5.41, 5.74) is 15.0. The molecule has 4 aromatic rings. The smallest absolute Gasteiger partial charge is 0.241 e. The van der Waals surface area contributed by atoms with Gasteiger partial charge in [-0.25, -0.2) is 0 Å². The summed E-state index contributed by atoms with van der Waals surface area (Å²) >= 11 is 0. The predicted molar refractivity (Wildman–Crippen MR) is 189 cm³/mol. The van der Waals surface area contributed by atoms with Crippen LogP contribution in [0.15, 0.2) is 157 Å². The van der Waals surface area contributed by atoms with Gasteiger partial charge in [0.1, 0.15) is 23.2 Å². The van der Waals surface area contributed by atoms with Crippen molar-refractivity contribution in [3.8, 4) is 16.9 Å². The maximum atomic E-state index is 6.78. The molecule has 3 atom stereocenters. The highest BCUT2D eigenvalue weighted by Gasteiger charge is 2.53. The quantitative estimate of drug-likeness (QED) is 0.219. The lowest BCUT2D eigenvalue weighted by Crippen LogP contribution is -2.57. The van der Waals surface area contributed by atoms with Gasteiger partial charge in [0.05, 0.1) is 18.2 Å². The average molecular weight is 605 g/mol. The van der Waals surface area contributed by atoms with E-state index in [1.54, 1.807) is 0 Å². The fourth-order valence-electron chi connectivity index (χ4n) is 8.66. The number of ether oxygens (including phenoxy) is 1. The van der Waals surface area contributed by atoms with Gasteiger partial charge < -0.3 is 4.74 Å². The SMILES string of the molecule is Cc1ccc2c(c1)N1c3c(c4c(cc3=[N+]2c2ccc(-c3ccccc3)cc2)OC2C=CC=CC=42)C2=CC=CC3=C4C=CC=CC4N1C23. The molecular formula is C43H30N3O+. The van der Waals surface area contributed by atoms with E-state index >= 15 is 0 Å². The van der Waals surface area contributed by atoms with Gasteiger partial charge in [0, 0.05) is 34.6 Å². The van der Waals surface area contributed by atoms with Crippen LogP contribution in [0.2, 0.25) is 0 Å². The van der Waals surface area contributed by atoms with Gasteiger partial charge in [-0.2, -0.15) is 5.01 Å². The van der Waals surface area contributed by atoms with E-state index in [1.807, 2.05) is 0 Å². The maximum Gasteiger partial charge on any atom is 0.241 e. The van der Waals surface area contributed by atoms with E-state index in [0.29, 0.717) is 0 Å². The third-order valence-corrected chi connectivity index (χ3v) is 10.6. The Balaban J connectivity index is 1.28. The zero-order valence-corrected chi connectivity index (χ0v) is 25.8. The van der Waals surface area contributed by atoms with Crippen molar-refractivity contribution in [3.05, 3.63) is 179 Å². The first-order chi connectivity index (χ1) is 23.2. The van der Waals surface area contributed by atoms with Gasteiger partial charge in [-0.3, -0.25) is 5.01 Å². The van der Waals surface area contributed by atoms with Gasteiger partial charge in [-0.1, -0.05) is 97.2 Å². The van der Waals surface area contributed by atoms with Gasteiger partial charge in [0.15, 0.2) is 0 Å². The Morgan fingerprint density at radius 3 is 2.38 bits per heavy atom. The summed E-state index contributed by atoms with van der Waals surface area (Å²) in [6.07, 6.45) is 24.6. The summed E-state index contributed by atoms with van der Waals surface area (Å²) in [6.45, 7) is 2.20. The molecule has 0 N–H and O–H groups in total. The minimum Gasteiger partial charge on any atom is -0.481 e. The third kappa shape index (κ3) is 3.32. The fraction of sp³-hybridized carbons (Fsp3) is 0.0930. The largest absolute Gasteiger partial charge is 0.481 e. The number of nitrogens with zero attached hydrogens (tertiary/aromatic N) is 3. The molecule has 0 amide bonds. The van der Waals surface area contributed by atoms with E-state index in [0.717, 1.165) is 22.5 Å². The Kier molecular flexibility index (Phi) is 4.98. The normalized spacial score (nSPS) is 23.2. The third-order valence-electron chi connectivity index (χ3n) is 10.6. The molecule has 11 rings (SSSR count). The van der Waals surface area contributed by atoms with Crippen molar-refractivity contribution in [2.45, 2.75) is 25.1 Å². The lowest BCUT2D eigenvalue weighted by Gasteiger charge is -2.48. The number of allylic oxidation sites excluding steroid dienone is 6. The van der Waals surface area contributed by atoms with Gasteiger partial charge in [-0.05, 0) is 64.6 Å². The van der Waals surface area contributed by atoms with Crippen molar-refractivity contribution in [3.63, 3.8) is 0 Å². The minimum absolute atomic E-state index is 0.0839. The number of rotatable bonds is 2. The fourth-order valence-corrected chi connectivity index (χ4v) is 8.66. The summed E-state index contributed by atoms with van der Waals surface area (Å²) in [6, 6.07) is 29.1. The molecule has 222 valence electrons. The van der Waals surface area contributed by atoms with Crippen LogP contribution in [0.25, 0.3) is 22.3 Å². The van der Waals surface area contributed by atoms with Gasteiger partial charge >= 0.3 is 0 Å². The molecule has 7 aliphatic rings. The lowest BCUT2D eigenvalue weighted by atomic mass is 9.83. The Labute approximate surface area is 273 Å². The molecule has 4 nitrogen and oxygen atoms in total. The van der Waals surface area contributed by atoms with Crippen molar-refractivity contribution in [1.82, 2.24) is 9.58 Å². The van der Waals surface area contributed by atoms with Crippen LogP contribution in [0.3, 0.4) is 0 Å². The van der Waals surface area contributed by atoms with Crippen molar-refractivity contribution in [2.75, 3.05) is 5.01 Å². The Hall–Kier alpha value is -5.71. The zero-order chi connectivity index (χ0) is 30.8. The minimum atomic E-state index is -0.0839. The standard InChI is InChI=1S/C43H30N3O/c1-26-18-23-35-36(24-26)46-43-37(44(35)29-21-19-28(20-22-29)27-10-3-2-4-11-27)25-39-40(32-13-6-8-17-38(32)47-39)41(43)33-15-9-14-31-30-12-5-7-16-34(30)45(46)42(31)33/h2-25,34,38,42H,1H3/q+1. The van der Waals surface area contributed by atoms with Crippen LogP contribution in [-0.4, -0.2) is 23.2 Å². The monoisotopic (exact) mass is 604 g/mol. The molecule has 0 spiro atoms. The van der Waals surface area contributed by atoms with Gasteiger partial charge in [0.2, 0.25) is 16.7 Å². The second-order valence-electron chi connectivity index (χ2n) is 13.1. The highest BCUT2D eigenvalue weighted by atomic mass is 16.5. The number of hydrogen-bond acceptors (Lipinski definition) is 3. The van der Waals surface area contributed by atoms with E-state index in [-0.39, 0.29) is 18.2 Å². The first kappa shape index (κ1) is 25.5. The predicted octanol–water partition coefficient (Wildman–Crippen LogP) is 7.66. The van der Waals surface area contributed by atoms with E-state index in [1.165, 1.54) is 61.1 Å². The summed E-state index contributed by atoms with van der Waals surface area (Å²) in [7, 11) is 0. The van der Waals surface area contributed by atoms with E-state index < -0.39 is 0 Å². The van der Waals surface area contributed by atoms with Crippen molar-refractivity contribution >= 4 is 33.9 Å². The summed E-state index contributed by atoms with van der Waals surface area (Å²) in [4.78, 5) is 0. The molecule has 0 aromatic heterocycles. The number of aryl methyl sites for hydroxylation is 1. The average Bonchev–Trinajstić information content (AvgIpc) is 3.66. The van der Waals surface area contributed by atoms with Crippen molar-refractivity contribution < 1.29 is 4.74 Å². The molecule has 0 bridgehead atoms. The zero-order valence-electron chi connectivity index (χ0n) is 25.8. The molecule has 3 unspecified atom stereocenters. The van der Waals surface area contributed by atoms with Crippen LogP contribution in [-0.2, 0) is 0 Å². The van der Waals surface area contributed by atoms with Gasteiger partial charge in [-0.15, -0.1) is 4.58 Å². The number of hydrogen-bond donors (Lipinski definition) is 0.